The molecular formula is C19H25N2O2+. The largest absolute Gasteiger partial charge is 0.376 e. The van der Waals surface area contributed by atoms with Crippen LogP contribution in [0.25, 0.3) is 0 Å². The maximum absolute atomic E-state index is 12.7. The zero-order valence-corrected chi connectivity index (χ0v) is 14.2. The van der Waals surface area contributed by atoms with Gasteiger partial charge in [-0.05, 0) is 45.2 Å². The summed E-state index contributed by atoms with van der Waals surface area (Å²) in [7, 11) is 0. The summed E-state index contributed by atoms with van der Waals surface area (Å²) >= 11 is 0. The molecule has 4 heteroatoms. The lowest BCUT2D eigenvalue weighted by atomic mass is 10.1. The molecule has 2 aromatic heterocycles. The first-order valence-corrected chi connectivity index (χ1v) is 8.32. The van der Waals surface area contributed by atoms with Crippen LogP contribution in [0.4, 0.5) is 0 Å². The lowest BCUT2D eigenvalue weighted by Gasteiger charge is -2.14. The molecule has 0 radical (unpaired) electrons. The Morgan fingerprint density at radius 3 is 2.70 bits per heavy atom. The highest BCUT2D eigenvalue weighted by Gasteiger charge is 2.22. The Hall–Kier alpha value is -1.94. The highest BCUT2D eigenvalue weighted by molar-refractivity contribution is 5.96. The summed E-state index contributed by atoms with van der Waals surface area (Å²) in [5.41, 5.74) is 4.21. The van der Waals surface area contributed by atoms with Crippen molar-refractivity contribution in [2.45, 2.75) is 52.8 Å². The van der Waals surface area contributed by atoms with Gasteiger partial charge in [-0.15, -0.1) is 0 Å². The average molecular weight is 313 g/mol. The fraction of sp³-hybridized carbons (Fsp3) is 0.474. The Kier molecular flexibility index (Phi) is 4.62. The van der Waals surface area contributed by atoms with Crippen molar-refractivity contribution >= 4 is 5.78 Å². The van der Waals surface area contributed by atoms with E-state index in [1.54, 1.807) is 0 Å². The number of ether oxygens (including phenoxy) is 1. The topological polar surface area (TPSA) is 35.1 Å². The van der Waals surface area contributed by atoms with Crippen LogP contribution in [0.2, 0.25) is 0 Å². The Morgan fingerprint density at radius 2 is 2.04 bits per heavy atom. The molecule has 0 N–H and O–H groups in total. The van der Waals surface area contributed by atoms with Gasteiger partial charge in [0.15, 0.2) is 12.4 Å². The molecule has 0 saturated carbocycles. The number of carbonyl (C=O) groups excluding carboxylic acids is 1. The van der Waals surface area contributed by atoms with E-state index in [1.807, 2.05) is 49.0 Å². The number of pyridine rings is 1. The molecule has 0 aliphatic carbocycles. The number of carbonyl (C=O) groups is 1. The van der Waals surface area contributed by atoms with E-state index in [2.05, 4.69) is 11.5 Å². The third-order valence-electron chi connectivity index (χ3n) is 4.67. The highest BCUT2D eigenvalue weighted by Crippen LogP contribution is 2.20. The van der Waals surface area contributed by atoms with Crippen molar-refractivity contribution in [3.63, 3.8) is 0 Å². The monoisotopic (exact) mass is 313 g/mol. The first kappa shape index (κ1) is 15.9. The van der Waals surface area contributed by atoms with E-state index in [-0.39, 0.29) is 11.9 Å². The van der Waals surface area contributed by atoms with E-state index in [4.69, 9.17) is 4.74 Å². The first-order chi connectivity index (χ1) is 11.0. The molecule has 1 aliphatic heterocycles. The quantitative estimate of drug-likeness (QED) is 0.628. The molecule has 1 fully saturated rings. The zero-order chi connectivity index (χ0) is 16.4. The summed E-state index contributed by atoms with van der Waals surface area (Å²) < 4.78 is 9.89. The fourth-order valence-electron chi connectivity index (χ4n) is 3.24. The van der Waals surface area contributed by atoms with Crippen LogP contribution in [0.1, 0.15) is 40.2 Å². The fourth-order valence-corrected chi connectivity index (χ4v) is 3.24. The Morgan fingerprint density at radius 1 is 1.30 bits per heavy atom. The molecule has 0 spiro atoms. The van der Waals surface area contributed by atoms with Crippen molar-refractivity contribution in [1.82, 2.24) is 4.57 Å². The highest BCUT2D eigenvalue weighted by atomic mass is 16.5. The minimum atomic E-state index is 0.158. The maximum atomic E-state index is 12.7. The van der Waals surface area contributed by atoms with E-state index in [9.17, 15) is 4.79 Å². The Balaban J connectivity index is 1.76. The van der Waals surface area contributed by atoms with Gasteiger partial charge in [0.1, 0.15) is 0 Å². The van der Waals surface area contributed by atoms with Gasteiger partial charge in [-0.2, -0.15) is 4.57 Å². The van der Waals surface area contributed by atoms with Gasteiger partial charge in [-0.1, -0.05) is 0 Å². The van der Waals surface area contributed by atoms with Gasteiger partial charge in [-0.25, -0.2) is 0 Å². The number of nitrogens with zero attached hydrogens (tertiary/aromatic N) is 2. The minimum Gasteiger partial charge on any atom is -0.376 e. The molecule has 0 amide bonds. The number of aryl methyl sites for hydroxylation is 2. The second-order valence-electron chi connectivity index (χ2n) is 6.50. The predicted molar refractivity (Wildman–Crippen MR) is 88.6 cm³/mol. The smallest absolute Gasteiger partial charge is 0.229 e. The molecule has 3 heterocycles. The molecular weight excluding hydrogens is 288 g/mol. The zero-order valence-electron chi connectivity index (χ0n) is 14.2. The first-order valence-electron chi connectivity index (χ1n) is 8.32. The third-order valence-corrected chi connectivity index (χ3v) is 4.67. The molecule has 1 atom stereocenters. The molecule has 23 heavy (non-hydrogen) atoms. The number of hydrogen-bond donors (Lipinski definition) is 0. The molecule has 1 saturated heterocycles. The van der Waals surface area contributed by atoms with Crippen molar-refractivity contribution in [1.29, 1.82) is 0 Å². The SMILES string of the molecule is Cc1cc[n+](CC(=O)c2cc(C)n(C[C@@H]3CCCO3)c2C)cc1. The molecule has 0 bridgehead atoms. The van der Waals surface area contributed by atoms with E-state index in [1.165, 1.54) is 5.56 Å². The van der Waals surface area contributed by atoms with Gasteiger partial charge in [0.25, 0.3) is 0 Å². The summed E-state index contributed by atoms with van der Waals surface area (Å²) in [6.07, 6.45) is 6.45. The van der Waals surface area contributed by atoms with Crippen LogP contribution in [0, 0.1) is 20.8 Å². The number of Topliss-reactive ketones (excluding diaryl/α,β-unsaturated/α-hetero) is 1. The molecule has 3 rings (SSSR count). The van der Waals surface area contributed by atoms with Crippen molar-refractivity contribution in [2.24, 2.45) is 0 Å². The number of hydrogen-bond acceptors (Lipinski definition) is 2. The predicted octanol–water partition coefficient (Wildman–Crippen LogP) is 2.76. The van der Waals surface area contributed by atoms with Gasteiger partial charge in [0.2, 0.25) is 12.3 Å². The molecule has 1 aliphatic rings. The van der Waals surface area contributed by atoms with E-state index >= 15 is 0 Å². The second kappa shape index (κ2) is 6.67. The van der Waals surface area contributed by atoms with E-state index in [0.717, 1.165) is 42.9 Å². The Labute approximate surface area is 137 Å². The summed E-state index contributed by atoms with van der Waals surface area (Å²) in [4.78, 5) is 12.7. The summed E-state index contributed by atoms with van der Waals surface area (Å²) in [6.45, 7) is 8.24. The van der Waals surface area contributed by atoms with Crippen molar-refractivity contribution in [2.75, 3.05) is 6.61 Å². The van der Waals surface area contributed by atoms with Crippen molar-refractivity contribution in [3.05, 3.63) is 53.1 Å². The van der Waals surface area contributed by atoms with E-state index < -0.39 is 0 Å². The second-order valence-corrected chi connectivity index (χ2v) is 6.50. The van der Waals surface area contributed by atoms with Crippen molar-refractivity contribution < 1.29 is 14.1 Å². The van der Waals surface area contributed by atoms with Crippen LogP contribution in [0.15, 0.2) is 30.6 Å². The summed E-state index contributed by atoms with van der Waals surface area (Å²) in [5, 5.41) is 0. The molecule has 0 aromatic carbocycles. The molecule has 0 unspecified atom stereocenters. The van der Waals surface area contributed by atoms with Gasteiger partial charge >= 0.3 is 0 Å². The minimum absolute atomic E-state index is 0.158. The summed E-state index contributed by atoms with van der Waals surface area (Å²) in [6, 6.07) is 6.06. The van der Waals surface area contributed by atoms with Crippen molar-refractivity contribution in [3.8, 4) is 0 Å². The van der Waals surface area contributed by atoms with Gasteiger partial charge in [-0.3, -0.25) is 4.79 Å². The van der Waals surface area contributed by atoms with Gasteiger partial charge in [0.05, 0.1) is 6.10 Å². The Bertz CT molecular complexity index is 695. The van der Waals surface area contributed by atoms with Crippen LogP contribution in [0.5, 0.6) is 0 Å². The van der Waals surface area contributed by atoms with E-state index in [0.29, 0.717) is 6.54 Å². The summed E-state index contributed by atoms with van der Waals surface area (Å²) in [5.74, 6) is 0.158. The normalized spacial score (nSPS) is 17.6. The molecule has 4 nitrogen and oxygen atoms in total. The molecule has 2 aromatic rings. The van der Waals surface area contributed by atoms with Crippen LogP contribution in [0.3, 0.4) is 0 Å². The number of aromatic nitrogens is 2. The van der Waals surface area contributed by atoms with Crippen LogP contribution in [-0.2, 0) is 17.8 Å². The van der Waals surface area contributed by atoms with Crippen LogP contribution < -0.4 is 4.57 Å². The van der Waals surface area contributed by atoms with Crippen LogP contribution >= 0.6 is 0 Å². The third kappa shape index (κ3) is 3.53. The number of ketones is 1. The number of rotatable bonds is 5. The maximum Gasteiger partial charge on any atom is 0.229 e. The van der Waals surface area contributed by atoms with Gasteiger partial charge < -0.3 is 9.30 Å². The standard InChI is InChI=1S/C19H25N2O2/c1-14-6-8-20(9-7-14)13-19(22)18-11-15(2)21(16(18)3)12-17-5-4-10-23-17/h6-9,11,17H,4-5,10,12-13H2,1-3H3/q+1/t17-/m0/s1. The van der Waals surface area contributed by atoms with Gasteiger partial charge in [0, 0.05) is 42.2 Å². The molecule has 122 valence electrons. The average Bonchev–Trinajstić information content (AvgIpc) is 3.13. The lowest BCUT2D eigenvalue weighted by Crippen LogP contribution is -2.37. The van der Waals surface area contributed by atoms with Crippen LogP contribution in [-0.4, -0.2) is 23.1 Å². The lowest BCUT2D eigenvalue weighted by molar-refractivity contribution is -0.683.